The van der Waals surface area contributed by atoms with E-state index < -0.39 is 0 Å². The van der Waals surface area contributed by atoms with E-state index in [1.54, 1.807) is 6.21 Å². The van der Waals surface area contributed by atoms with Gasteiger partial charge in [-0.15, -0.1) is 0 Å². The molecule has 1 aromatic heterocycles. The maximum Gasteiger partial charge on any atom is 0.289 e. The molecule has 0 aliphatic heterocycles. The number of fused-ring (bicyclic) bond motifs is 1. The average Bonchev–Trinajstić information content (AvgIpc) is 3.06. The van der Waals surface area contributed by atoms with Crippen molar-refractivity contribution in [3.05, 3.63) is 90.1 Å². The number of nitrogen functional groups attached to an aromatic ring is 1. The van der Waals surface area contributed by atoms with Crippen molar-refractivity contribution in [2.45, 2.75) is 0 Å². The summed E-state index contributed by atoms with van der Waals surface area (Å²) in [6, 6.07) is 25.6. The van der Waals surface area contributed by atoms with Gasteiger partial charge < -0.3 is 10.7 Å². The number of nitrogens with one attached hydrogen (secondary N) is 2. The Bertz CT molecular complexity index is 1110. The molecule has 0 spiro atoms. The van der Waals surface area contributed by atoms with E-state index >= 15 is 0 Å². The fraction of sp³-hybridized carbons (Fsp3) is 0. The lowest BCUT2D eigenvalue weighted by molar-refractivity contribution is 0.0952. The number of benzene rings is 3. The summed E-state index contributed by atoms with van der Waals surface area (Å²) in [6.45, 7) is 0. The van der Waals surface area contributed by atoms with Crippen LogP contribution in [0.4, 0.5) is 5.69 Å². The molecule has 0 atom stereocenters. The molecule has 27 heavy (non-hydrogen) atoms. The molecule has 0 bridgehead atoms. The Morgan fingerprint density at radius 3 is 2.30 bits per heavy atom. The number of para-hydroxylation sites is 1. The summed E-state index contributed by atoms with van der Waals surface area (Å²) in [5.41, 5.74) is 13.3. The third-order valence-electron chi connectivity index (χ3n) is 4.37. The zero-order valence-electron chi connectivity index (χ0n) is 14.5. The van der Waals surface area contributed by atoms with Gasteiger partial charge in [0.2, 0.25) is 0 Å². The minimum Gasteiger partial charge on any atom is -0.396 e. The van der Waals surface area contributed by atoms with Crippen LogP contribution in [0, 0.1) is 0 Å². The highest BCUT2D eigenvalue weighted by atomic mass is 16.2. The number of nitrogens with zero attached hydrogens (tertiary/aromatic N) is 1. The first-order valence-electron chi connectivity index (χ1n) is 8.57. The normalized spacial score (nSPS) is 11.1. The maximum atomic E-state index is 12.3. The van der Waals surface area contributed by atoms with E-state index in [9.17, 15) is 4.79 Å². The maximum absolute atomic E-state index is 12.3. The van der Waals surface area contributed by atoms with Crippen molar-refractivity contribution < 1.29 is 4.79 Å². The summed E-state index contributed by atoms with van der Waals surface area (Å²) in [5.74, 6) is -0.374. The van der Waals surface area contributed by atoms with Gasteiger partial charge in [-0.05, 0) is 22.8 Å². The largest absolute Gasteiger partial charge is 0.396 e. The lowest BCUT2D eigenvalue weighted by Gasteiger charge is -2.02. The number of aromatic nitrogens is 1. The van der Waals surface area contributed by atoms with Crippen LogP contribution >= 0.6 is 0 Å². The summed E-state index contributed by atoms with van der Waals surface area (Å²) in [7, 11) is 0. The van der Waals surface area contributed by atoms with Crippen LogP contribution in [0.2, 0.25) is 0 Å². The second-order valence-electron chi connectivity index (χ2n) is 6.15. The van der Waals surface area contributed by atoms with Gasteiger partial charge in [-0.1, -0.05) is 72.8 Å². The summed E-state index contributed by atoms with van der Waals surface area (Å²) in [4.78, 5) is 15.4. The number of amides is 1. The quantitative estimate of drug-likeness (QED) is 0.379. The predicted octanol–water partition coefficient (Wildman–Crippen LogP) is 4.18. The first kappa shape index (κ1) is 16.6. The summed E-state index contributed by atoms with van der Waals surface area (Å²) >= 11 is 0. The molecule has 0 saturated heterocycles. The molecular weight excluding hydrogens is 336 g/mol. The fourth-order valence-corrected chi connectivity index (χ4v) is 2.96. The number of carbonyl (C=O) groups excluding carboxylic acids is 1. The van der Waals surface area contributed by atoms with Crippen LogP contribution in [-0.2, 0) is 0 Å². The van der Waals surface area contributed by atoms with Crippen molar-refractivity contribution in [1.82, 2.24) is 10.4 Å². The van der Waals surface area contributed by atoms with Crippen LogP contribution in [0.5, 0.6) is 0 Å². The van der Waals surface area contributed by atoms with Gasteiger partial charge in [-0.3, -0.25) is 4.79 Å². The monoisotopic (exact) mass is 354 g/mol. The summed E-state index contributed by atoms with van der Waals surface area (Å²) in [6.07, 6.45) is 1.60. The topological polar surface area (TPSA) is 83.3 Å². The smallest absolute Gasteiger partial charge is 0.289 e. The second-order valence-corrected chi connectivity index (χ2v) is 6.15. The zero-order valence-corrected chi connectivity index (χ0v) is 14.5. The lowest BCUT2D eigenvalue weighted by atomic mass is 10.0. The van der Waals surface area contributed by atoms with E-state index in [4.69, 9.17) is 5.73 Å². The van der Waals surface area contributed by atoms with Gasteiger partial charge in [0.05, 0.1) is 11.9 Å². The Morgan fingerprint density at radius 2 is 1.56 bits per heavy atom. The second kappa shape index (κ2) is 7.17. The van der Waals surface area contributed by atoms with E-state index in [1.807, 2.05) is 66.7 Å². The number of hydrogen-bond donors (Lipinski definition) is 3. The summed E-state index contributed by atoms with van der Waals surface area (Å²) < 4.78 is 0. The van der Waals surface area contributed by atoms with E-state index in [2.05, 4.69) is 27.6 Å². The number of H-pyrrole nitrogens is 1. The zero-order chi connectivity index (χ0) is 18.6. The first-order valence-corrected chi connectivity index (χ1v) is 8.57. The van der Waals surface area contributed by atoms with Gasteiger partial charge in [-0.25, -0.2) is 5.43 Å². The molecule has 0 saturated carbocycles. The standard InChI is InChI=1S/C22H18N4O/c23-20-18-8-4-5-9-19(18)25-21(20)22(27)26-24-14-15-10-12-17(13-11-15)16-6-2-1-3-7-16/h1-14,25H,23H2,(H,26,27). The molecule has 1 amide bonds. The predicted molar refractivity (Wildman–Crippen MR) is 110 cm³/mol. The molecule has 4 N–H and O–H groups in total. The molecule has 1 heterocycles. The highest BCUT2D eigenvalue weighted by molar-refractivity contribution is 6.07. The molecule has 3 aromatic carbocycles. The van der Waals surface area contributed by atoms with Gasteiger partial charge >= 0.3 is 0 Å². The fourth-order valence-electron chi connectivity index (χ4n) is 2.96. The molecule has 0 fully saturated rings. The SMILES string of the molecule is Nc1c(C(=O)NN=Cc2ccc(-c3ccccc3)cc2)[nH]c2ccccc12. The van der Waals surface area contributed by atoms with Crippen LogP contribution in [-0.4, -0.2) is 17.1 Å². The van der Waals surface area contributed by atoms with Crippen molar-refractivity contribution in [1.29, 1.82) is 0 Å². The molecule has 5 heteroatoms. The van der Waals surface area contributed by atoms with Crippen molar-refractivity contribution in [2.24, 2.45) is 5.10 Å². The number of hydrazone groups is 1. The molecule has 0 aliphatic carbocycles. The van der Waals surface area contributed by atoms with Crippen LogP contribution in [0.15, 0.2) is 84.0 Å². The number of anilines is 1. The van der Waals surface area contributed by atoms with Crippen molar-refractivity contribution in [3.63, 3.8) is 0 Å². The highest BCUT2D eigenvalue weighted by Gasteiger charge is 2.14. The van der Waals surface area contributed by atoms with E-state index in [1.165, 1.54) is 0 Å². The molecule has 132 valence electrons. The molecule has 4 aromatic rings. The summed E-state index contributed by atoms with van der Waals surface area (Å²) in [5, 5.41) is 4.85. The Morgan fingerprint density at radius 1 is 0.889 bits per heavy atom. The van der Waals surface area contributed by atoms with Crippen LogP contribution in [0.25, 0.3) is 22.0 Å². The van der Waals surface area contributed by atoms with Crippen molar-refractivity contribution >= 4 is 28.7 Å². The minimum atomic E-state index is -0.374. The Hall–Kier alpha value is -3.86. The van der Waals surface area contributed by atoms with Crippen LogP contribution in [0.1, 0.15) is 16.1 Å². The van der Waals surface area contributed by atoms with Crippen LogP contribution < -0.4 is 11.2 Å². The highest BCUT2D eigenvalue weighted by Crippen LogP contribution is 2.24. The van der Waals surface area contributed by atoms with Crippen LogP contribution in [0.3, 0.4) is 0 Å². The van der Waals surface area contributed by atoms with Gasteiger partial charge in [0, 0.05) is 10.9 Å². The van der Waals surface area contributed by atoms with E-state index in [0.29, 0.717) is 11.4 Å². The van der Waals surface area contributed by atoms with Gasteiger partial charge in [0.25, 0.3) is 5.91 Å². The molecule has 4 rings (SSSR count). The number of nitrogens with two attached hydrogens (primary N) is 1. The lowest BCUT2D eigenvalue weighted by Crippen LogP contribution is -2.19. The van der Waals surface area contributed by atoms with Gasteiger partial charge in [0.15, 0.2) is 0 Å². The Balaban J connectivity index is 1.45. The van der Waals surface area contributed by atoms with Crippen molar-refractivity contribution in [3.8, 4) is 11.1 Å². The molecule has 5 nitrogen and oxygen atoms in total. The number of rotatable bonds is 4. The number of aromatic amines is 1. The van der Waals surface area contributed by atoms with E-state index in [0.717, 1.165) is 27.6 Å². The molecule has 0 aliphatic rings. The number of carbonyl (C=O) groups is 1. The minimum absolute atomic E-state index is 0.313. The molecule has 0 unspecified atom stereocenters. The van der Waals surface area contributed by atoms with Gasteiger partial charge in [0.1, 0.15) is 5.69 Å². The molecular formula is C22H18N4O. The first-order chi connectivity index (χ1) is 13.2. The Kier molecular flexibility index (Phi) is 4.41. The third kappa shape index (κ3) is 3.43. The average molecular weight is 354 g/mol. The van der Waals surface area contributed by atoms with Crippen molar-refractivity contribution in [2.75, 3.05) is 5.73 Å². The molecule has 0 radical (unpaired) electrons. The van der Waals surface area contributed by atoms with Gasteiger partial charge in [-0.2, -0.15) is 5.10 Å². The van der Waals surface area contributed by atoms with E-state index in [-0.39, 0.29) is 5.91 Å². The Labute approximate surface area is 156 Å². The number of hydrogen-bond acceptors (Lipinski definition) is 3. The third-order valence-corrected chi connectivity index (χ3v) is 4.37.